The summed E-state index contributed by atoms with van der Waals surface area (Å²) in [7, 11) is 0. The highest BCUT2D eigenvalue weighted by Gasteiger charge is 2.61. The molecule has 2 aromatic carbocycles. The fourth-order valence-corrected chi connectivity index (χ4v) is 4.27. The number of rotatable bonds is 4. The Morgan fingerprint density at radius 2 is 1.77 bits per heavy atom. The minimum Gasteiger partial charge on any atom is -0.438 e. The normalized spacial score (nSPS) is 17.1. The summed E-state index contributed by atoms with van der Waals surface area (Å²) in [6.07, 6.45) is -9.15. The molecule has 0 aliphatic carbocycles. The average molecular weight is 610 g/mol. The summed E-state index contributed by atoms with van der Waals surface area (Å²) in [5.74, 6) is -4.88. The Kier molecular flexibility index (Phi) is 7.64. The number of halogens is 7. The fraction of sp³-hybridized carbons (Fsp3) is 0.222. The molecular formula is C27H17F7N4O5. The lowest BCUT2D eigenvalue weighted by Gasteiger charge is -2.32. The number of alkyl halides is 6. The molecule has 16 heteroatoms. The molecule has 0 saturated carbocycles. The summed E-state index contributed by atoms with van der Waals surface area (Å²) < 4.78 is 117. The maximum Gasteiger partial charge on any atom is 0.426 e. The van der Waals surface area contributed by atoms with Crippen LogP contribution in [0.3, 0.4) is 0 Å². The maximum absolute atomic E-state index is 14.8. The molecule has 5 rings (SSSR count). The van der Waals surface area contributed by atoms with Crippen LogP contribution in [0.5, 0.6) is 11.6 Å². The van der Waals surface area contributed by atoms with Crippen molar-refractivity contribution < 1.29 is 49.5 Å². The second kappa shape index (κ2) is 11.1. The lowest BCUT2D eigenvalue weighted by molar-refractivity contribution is -0.384. The van der Waals surface area contributed by atoms with Gasteiger partial charge in [-0.25, -0.2) is 9.37 Å². The highest BCUT2D eigenvalue weighted by atomic mass is 19.4. The van der Waals surface area contributed by atoms with Gasteiger partial charge in [-0.1, -0.05) is 42.5 Å². The van der Waals surface area contributed by atoms with Crippen molar-refractivity contribution in [2.75, 3.05) is 0 Å². The highest BCUT2D eigenvalue weighted by Crippen LogP contribution is 2.48. The molecule has 224 valence electrons. The number of allylic oxidation sites excluding steroid dienone is 1. The molecule has 9 nitrogen and oxygen atoms in total. The van der Waals surface area contributed by atoms with E-state index in [-0.39, 0.29) is 18.1 Å². The van der Waals surface area contributed by atoms with Crippen molar-refractivity contribution >= 4 is 11.8 Å². The van der Waals surface area contributed by atoms with E-state index < -0.39 is 82.1 Å². The molecule has 1 atom stereocenters. The first-order valence-electron chi connectivity index (χ1n) is 12.3. The Hall–Kier alpha value is -4.86. The van der Waals surface area contributed by atoms with Crippen LogP contribution in [0.4, 0.5) is 36.4 Å². The molecule has 6 bridgehead atoms. The number of aromatic nitrogens is 3. The van der Waals surface area contributed by atoms with Crippen LogP contribution in [-0.2, 0) is 23.1 Å². The van der Waals surface area contributed by atoms with E-state index in [0.29, 0.717) is 5.56 Å². The van der Waals surface area contributed by atoms with E-state index in [1.807, 2.05) is 0 Å². The topological polar surface area (TPSA) is 113 Å². The molecule has 0 spiro atoms. The minimum atomic E-state index is -5.25. The lowest BCUT2D eigenvalue weighted by Crippen LogP contribution is -2.45. The second-order valence-corrected chi connectivity index (χ2v) is 9.24. The average Bonchev–Trinajstić information content (AvgIpc) is 3.41. The molecule has 0 radical (unpaired) electrons. The zero-order chi connectivity index (χ0) is 31.0. The van der Waals surface area contributed by atoms with E-state index in [1.54, 1.807) is 18.2 Å². The summed E-state index contributed by atoms with van der Waals surface area (Å²) in [5, 5.41) is 18.7. The molecule has 4 aromatic rings. The third-order valence-corrected chi connectivity index (χ3v) is 6.31. The number of ether oxygens (including phenoxy) is 2. The predicted octanol–water partition coefficient (Wildman–Crippen LogP) is 7.77. The molecule has 2 aromatic heterocycles. The van der Waals surface area contributed by atoms with Crippen LogP contribution in [-0.4, -0.2) is 26.3 Å². The van der Waals surface area contributed by atoms with E-state index in [4.69, 9.17) is 13.9 Å². The van der Waals surface area contributed by atoms with Gasteiger partial charge in [-0.05, 0) is 36.1 Å². The molecule has 3 heterocycles. The third kappa shape index (κ3) is 6.04. The van der Waals surface area contributed by atoms with Gasteiger partial charge >= 0.3 is 18.0 Å². The van der Waals surface area contributed by atoms with Gasteiger partial charge < -0.3 is 13.9 Å². The molecule has 1 aliphatic heterocycles. The van der Waals surface area contributed by atoms with Gasteiger partial charge in [0.15, 0.2) is 0 Å². The van der Waals surface area contributed by atoms with E-state index >= 15 is 0 Å². The number of nitrogens with zero attached hydrogens (tertiary/aromatic N) is 4. The van der Waals surface area contributed by atoms with Gasteiger partial charge in [0, 0.05) is 12.1 Å². The lowest BCUT2D eigenvalue weighted by atomic mass is 9.95. The van der Waals surface area contributed by atoms with Gasteiger partial charge in [-0.3, -0.25) is 10.1 Å². The van der Waals surface area contributed by atoms with Crippen LogP contribution in [0.25, 0.3) is 17.7 Å². The van der Waals surface area contributed by atoms with Crippen molar-refractivity contribution in [2.45, 2.75) is 37.4 Å². The molecule has 0 fully saturated rings. The summed E-state index contributed by atoms with van der Waals surface area (Å²) in [4.78, 5) is 14.1. The number of fused-ring (bicyclic) bond motifs is 7. The van der Waals surface area contributed by atoms with Crippen LogP contribution in [0.1, 0.15) is 35.4 Å². The number of benzene rings is 2. The zero-order valence-electron chi connectivity index (χ0n) is 21.4. The number of hydrogen-bond donors (Lipinski definition) is 0. The molecule has 0 saturated heterocycles. The zero-order valence-corrected chi connectivity index (χ0v) is 21.4. The van der Waals surface area contributed by atoms with Crippen LogP contribution in [0.15, 0.2) is 65.1 Å². The number of pyridine rings is 1. The quantitative estimate of drug-likeness (QED) is 0.131. The summed E-state index contributed by atoms with van der Waals surface area (Å²) >= 11 is 0. The van der Waals surface area contributed by atoms with Gasteiger partial charge in [0.25, 0.3) is 11.8 Å². The summed E-state index contributed by atoms with van der Waals surface area (Å²) in [5.41, 5.74) is -6.94. The van der Waals surface area contributed by atoms with Crippen molar-refractivity contribution in [3.63, 3.8) is 0 Å². The van der Waals surface area contributed by atoms with Crippen LogP contribution >= 0.6 is 0 Å². The van der Waals surface area contributed by atoms with E-state index in [9.17, 15) is 40.8 Å². The van der Waals surface area contributed by atoms with Crippen LogP contribution < -0.4 is 4.74 Å². The molecule has 1 unspecified atom stereocenters. The van der Waals surface area contributed by atoms with Crippen LogP contribution in [0.2, 0.25) is 0 Å². The SMILES string of the molecule is O=[N+]([O-])c1cc(C(F)(F)F)c2nc1-c1nnc(o1)C(OCc1ccccc1)(C(F)(F)F)CCC=Cc1cc(F)cc(c1)O2. The van der Waals surface area contributed by atoms with Crippen molar-refractivity contribution in [2.24, 2.45) is 0 Å². The molecular weight excluding hydrogens is 593 g/mol. The summed E-state index contributed by atoms with van der Waals surface area (Å²) in [6.45, 7) is -0.578. The van der Waals surface area contributed by atoms with Gasteiger partial charge in [0.1, 0.15) is 17.1 Å². The molecule has 0 N–H and O–H groups in total. The monoisotopic (exact) mass is 610 g/mol. The smallest absolute Gasteiger partial charge is 0.426 e. The van der Waals surface area contributed by atoms with Crippen LogP contribution in [0, 0.1) is 15.9 Å². The van der Waals surface area contributed by atoms with Gasteiger partial charge in [-0.15, -0.1) is 10.2 Å². The Balaban J connectivity index is 1.75. The van der Waals surface area contributed by atoms with E-state index in [1.165, 1.54) is 24.3 Å². The Morgan fingerprint density at radius 1 is 1.02 bits per heavy atom. The molecule has 1 aliphatic rings. The number of nitro groups is 1. The van der Waals surface area contributed by atoms with Crippen molar-refractivity contribution in [1.29, 1.82) is 0 Å². The van der Waals surface area contributed by atoms with E-state index in [2.05, 4.69) is 15.2 Å². The minimum absolute atomic E-state index is 0.0304. The predicted molar refractivity (Wildman–Crippen MR) is 133 cm³/mol. The van der Waals surface area contributed by atoms with Crippen molar-refractivity contribution in [3.05, 3.63) is 99.2 Å². The van der Waals surface area contributed by atoms with Crippen molar-refractivity contribution in [1.82, 2.24) is 15.2 Å². The van der Waals surface area contributed by atoms with Gasteiger partial charge in [0.05, 0.1) is 11.5 Å². The Bertz CT molecular complexity index is 1690. The molecule has 43 heavy (non-hydrogen) atoms. The second-order valence-electron chi connectivity index (χ2n) is 9.24. The van der Waals surface area contributed by atoms with Gasteiger partial charge in [0.2, 0.25) is 17.2 Å². The largest absolute Gasteiger partial charge is 0.438 e. The molecule has 0 amide bonds. The fourth-order valence-electron chi connectivity index (χ4n) is 4.27. The highest BCUT2D eigenvalue weighted by molar-refractivity contribution is 5.65. The Morgan fingerprint density at radius 3 is 2.44 bits per heavy atom. The summed E-state index contributed by atoms with van der Waals surface area (Å²) in [6, 6.07) is 10.7. The first-order valence-corrected chi connectivity index (χ1v) is 12.3. The maximum atomic E-state index is 14.8. The van der Waals surface area contributed by atoms with Crippen molar-refractivity contribution in [3.8, 4) is 23.2 Å². The van der Waals surface area contributed by atoms with E-state index in [0.717, 1.165) is 18.2 Å². The first-order chi connectivity index (χ1) is 20.3. The van der Waals surface area contributed by atoms with Gasteiger partial charge in [-0.2, -0.15) is 26.3 Å². The first kappa shape index (κ1) is 29.6. The number of hydrogen-bond acceptors (Lipinski definition) is 8. The Labute approximate surface area is 236 Å². The standard InChI is InChI=1S/C27H17F7N4O5/c28-17-10-16-8-4-5-9-25(27(32,33)34,41-14-15-6-2-1-3-7-15)24-37-36-23(43-24)21-20(38(39)40)13-19(26(29,30)31)22(35-21)42-18(11-16)12-17/h1-4,6-8,10-13H,5,9,14H2. The third-order valence-electron chi connectivity index (χ3n) is 6.31.